The van der Waals surface area contributed by atoms with E-state index in [9.17, 15) is 9.90 Å². The highest BCUT2D eigenvalue weighted by Gasteiger charge is 2.36. The van der Waals surface area contributed by atoms with E-state index in [0.29, 0.717) is 38.4 Å². The molecule has 132 valence electrons. The Balaban J connectivity index is 1.48. The molecule has 0 radical (unpaired) electrons. The topological polar surface area (TPSA) is 78.4 Å². The molecule has 1 saturated carbocycles. The lowest BCUT2D eigenvalue weighted by molar-refractivity contribution is 0.0126. The monoisotopic (exact) mass is 332 g/mol. The van der Waals surface area contributed by atoms with Crippen LogP contribution in [0.4, 0.5) is 4.79 Å². The molecule has 1 saturated heterocycles. The van der Waals surface area contributed by atoms with Crippen molar-refractivity contribution < 1.29 is 9.90 Å². The average molecular weight is 332 g/mol. The predicted molar refractivity (Wildman–Crippen MR) is 91.5 cm³/mol. The summed E-state index contributed by atoms with van der Waals surface area (Å²) in [7, 11) is 0. The summed E-state index contributed by atoms with van der Waals surface area (Å²) >= 11 is 0. The lowest BCUT2D eigenvalue weighted by Gasteiger charge is -2.39. The molecule has 2 amide bonds. The summed E-state index contributed by atoms with van der Waals surface area (Å²) in [6, 6.07) is -0.0218. The van der Waals surface area contributed by atoms with Gasteiger partial charge in [0.15, 0.2) is 0 Å². The third-order valence-corrected chi connectivity index (χ3v) is 5.53. The van der Waals surface area contributed by atoms with E-state index in [1.165, 1.54) is 25.7 Å². The van der Waals surface area contributed by atoms with Crippen LogP contribution in [-0.4, -0.2) is 51.7 Å². The standard InChI is InChI=1S/C18H28N4O2/c1-13-16(20-10-9-19-13)6-8-21-18(24)22-11-7-17(23)15(12-22)14-4-2-3-5-14/h9-10,14-15,17,23H,2-8,11-12H2,1H3,(H,21,24)/t15-,17+/m0/s1. The summed E-state index contributed by atoms with van der Waals surface area (Å²) in [4.78, 5) is 22.8. The fraction of sp³-hybridized carbons (Fsp3) is 0.722. The van der Waals surface area contributed by atoms with E-state index in [-0.39, 0.29) is 18.1 Å². The van der Waals surface area contributed by atoms with Crippen LogP contribution < -0.4 is 5.32 Å². The normalized spacial score (nSPS) is 25.0. The van der Waals surface area contributed by atoms with Crippen molar-refractivity contribution in [3.05, 3.63) is 23.8 Å². The van der Waals surface area contributed by atoms with Crippen molar-refractivity contribution in [1.29, 1.82) is 0 Å². The zero-order chi connectivity index (χ0) is 16.9. The van der Waals surface area contributed by atoms with Crippen LogP contribution in [0.25, 0.3) is 0 Å². The van der Waals surface area contributed by atoms with Crippen LogP contribution in [0.3, 0.4) is 0 Å². The van der Waals surface area contributed by atoms with Crippen LogP contribution in [0.15, 0.2) is 12.4 Å². The van der Waals surface area contributed by atoms with Gasteiger partial charge in [-0.1, -0.05) is 25.7 Å². The van der Waals surface area contributed by atoms with Gasteiger partial charge in [-0.3, -0.25) is 9.97 Å². The summed E-state index contributed by atoms with van der Waals surface area (Å²) in [5.74, 6) is 0.826. The van der Waals surface area contributed by atoms with E-state index in [2.05, 4.69) is 15.3 Å². The molecule has 6 nitrogen and oxygen atoms in total. The molecule has 2 heterocycles. The molecule has 1 aliphatic heterocycles. The Morgan fingerprint density at radius 3 is 2.79 bits per heavy atom. The molecule has 6 heteroatoms. The molecule has 1 aromatic heterocycles. The second-order valence-corrected chi connectivity index (χ2v) is 7.08. The fourth-order valence-corrected chi connectivity index (χ4v) is 4.08. The summed E-state index contributed by atoms with van der Waals surface area (Å²) in [5.41, 5.74) is 1.84. The maximum Gasteiger partial charge on any atom is 0.317 e. The molecule has 2 fully saturated rings. The molecular weight excluding hydrogens is 304 g/mol. The number of urea groups is 1. The number of aromatic nitrogens is 2. The number of carbonyl (C=O) groups excluding carboxylic acids is 1. The maximum absolute atomic E-state index is 12.4. The number of hydrogen-bond acceptors (Lipinski definition) is 4. The third kappa shape index (κ3) is 4.04. The van der Waals surface area contributed by atoms with Crippen molar-refractivity contribution in [2.75, 3.05) is 19.6 Å². The van der Waals surface area contributed by atoms with Crippen LogP contribution in [0.1, 0.15) is 43.5 Å². The summed E-state index contributed by atoms with van der Waals surface area (Å²) in [5, 5.41) is 13.3. The quantitative estimate of drug-likeness (QED) is 0.883. The van der Waals surface area contributed by atoms with E-state index in [1.807, 2.05) is 11.8 Å². The number of carbonyl (C=O) groups is 1. The van der Waals surface area contributed by atoms with E-state index in [1.54, 1.807) is 12.4 Å². The third-order valence-electron chi connectivity index (χ3n) is 5.53. The molecule has 0 aromatic carbocycles. The Kier molecular flexibility index (Phi) is 5.66. The number of piperidine rings is 1. The number of likely N-dealkylation sites (tertiary alicyclic amines) is 1. The lowest BCUT2D eigenvalue weighted by Crippen LogP contribution is -2.51. The highest BCUT2D eigenvalue weighted by Crippen LogP contribution is 2.36. The van der Waals surface area contributed by atoms with Crippen LogP contribution in [0.2, 0.25) is 0 Å². The zero-order valence-electron chi connectivity index (χ0n) is 14.4. The van der Waals surface area contributed by atoms with E-state index in [0.717, 1.165) is 11.4 Å². The minimum Gasteiger partial charge on any atom is -0.393 e. The largest absolute Gasteiger partial charge is 0.393 e. The fourth-order valence-electron chi connectivity index (χ4n) is 4.08. The highest BCUT2D eigenvalue weighted by molar-refractivity contribution is 5.74. The van der Waals surface area contributed by atoms with Gasteiger partial charge in [0, 0.05) is 44.4 Å². The maximum atomic E-state index is 12.4. The number of aliphatic hydroxyl groups is 1. The summed E-state index contributed by atoms with van der Waals surface area (Å²) in [6.45, 7) is 3.82. The van der Waals surface area contributed by atoms with Crippen LogP contribution in [0, 0.1) is 18.8 Å². The Hall–Kier alpha value is -1.69. The highest BCUT2D eigenvalue weighted by atomic mass is 16.3. The smallest absolute Gasteiger partial charge is 0.317 e. The average Bonchev–Trinajstić information content (AvgIpc) is 3.11. The molecular formula is C18H28N4O2. The van der Waals surface area contributed by atoms with Crippen molar-refractivity contribution in [2.24, 2.45) is 11.8 Å². The number of nitrogens with zero attached hydrogens (tertiary/aromatic N) is 3. The Morgan fingerprint density at radius 2 is 2.04 bits per heavy atom. The van der Waals surface area contributed by atoms with Crippen molar-refractivity contribution >= 4 is 6.03 Å². The van der Waals surface area contributed by atoms with Crippen LogP contribution >= 0.6 is 0 Å². The van der Waals surface area contributed by atoms with E-state index in [4.69, 9.17) is 0 Å². The molecule has 24 heavy (non-hydrogen) atoms. The molecule has 2 atom stereocenters. The number of rotatable bonds is 4. The van der Waals surface area contributed by atoms with Gasteiger partial charge in [-0.25, -0.2) is 4.79 Å². The molecule has 1 aromatic rings. The van der Waals surface area contributed by atoms with E-state index >= 15 is 0 Å². The second-order valence-electron chi connectivity index (χ2n) is 7.08. The van der Waals surface area contributed by atoms with Gasteiger partial charge < -0.3 is 15.3 Å². The van der Waals surface area contributed by atoms with Crippen molar-refractivity contribution in [1.82, 2.24) is 20.2 Å². The Bertz CT molecular complexity index is 560. The molecule has 1 aliphatic carbocycles. The minimum absolute atomic E-state index is 0.0218. The molecule has 0 unspecified atom stereocenters. The van der Waals surface area contributed by atoms with Gasteiger partial charge in [-0.15, -0.1) is 0 Å². The van der Waals surface area contributed by atoms with Gasteiger partial charge in [-0.2, -0.15) is 0 Å². The number of hydrogen-bond donors (Lipinski definition) is 2. The van der Waals surface area contributed by atoms with Gasteiger partial charge >= 0.3 is 6.03 Å². The molecule has 0 spiro atoms. The van der Waals surface area contributed by atoms with Gasteiger partial charge in [0.2, 0.25) is 0 Å². The van der Waals surface area contributed by atoms with Gasteiger partial charge in [0.1, 0.15) is 0 Å². The summed E-state index contributed by atoms with van der Waals surface area (Å²) in [6.07, 6.45) is 9.41. The molecule has 3 rings (SSSR count). The number of aryl methyl sites for hydroxylation is 1. The molecule has 2 N–H and O–H groups in total. The van der Waals surface area contributed by atoms with Gasteiger partial charge in [0.05, 0.1) is 17.5 Å². The lowest BCUT2D eigenvalue weighted by atomic mass is 9.82. The van der Waals surface area contributed by atoms with Crippen molar-refractivity contribution in [2.45, 2.75) is 51.6 Å². The number of amides is 2. The van der Waals surface area contributed by atoms with Crippen molar-refractivity contribution in [3.8, 4) is 0 Å². The first kappa shape index (κ1) is 17.1. The van der Waals surface area contributed by atoms with E-state index < -0.39 is 0 Å². The molecule has 0 bridgehead atoms. The predicted octanol–water partition coefficient (Wildman–Crippen LogP) is 1.91. The first-order valence-electron chi connectivity index (χ1n) is 9.12. The second kappa shape index (κ2) is 7.92. The van der Waals surface area contributed by atoms with Crippen LogP contribution in [-0.2, 0) is 6.42 Å². The van der Waals surface area contributed by atoms with Crippen molar-refractivity contribution in [3.63, 3.8) is 0 Å². The number of nitrogens with one attached hydrogen (secondary N) is 1. The first-order chi connectivity index (χ1) is 11.6. The van der Waals surface area contributed by atoms with Crippen LogP contribution in [0.5, 0.6) is 0 Å². The SMILES string of the molecule is Cc1nccnc1CCNC(=O)N1CC[C@@H](O)[C@H](C2CCCC2)C1. The Labute approximate surface area is 143 Å². The Morgan fingerprint density at radius 1 is 1.29 bits per heavy atom. The first-order valence-corrected chi connectivity index (χ1v) is 9.12. The zero-order valence-corrected chi connectivity index (χ0v) is 14.4. The number of aliphatic hydroxyl groups excluding tert-OH is 1. The minimum atomic E-state index is -0.251. The molecule has 2 aliphatic rings. The summed E-state index contributed by atoms with van der Waals surface area (Å²) < 4.78 is 0. The van der Waals surface area contributed by atoms with Gasteiger partial charge in [0.25, 0.3) is 0 Å². The van der Waals surface area contributed by atoms with Gasteiger partial charge in [-0.05, 0) is 19.3 Å².